The average molecular weight is 342 g/mol. The summed E-state index contributed by atoms with van der Waals surface area (Å²) >= 11 is 8.48. The van der Waals surface area contributed by atoms with Gasteiger partial charge in [0.25, 0.3) is 0 Å². The minimum Gasteiger partial charge on any atom is -0.396 e. The van der Waals surface area contributed by atoms with Gasteiger partial charge in [-0.05, 0) is 13.8 Å². The van der Waals surface area contributed by atoms with E-state index in [4.69, 9.17) is 11.6 Å². The van der Waals surface area contributed by atoms with Gasteiger partial charge in [-0.25, -0.2) is 9.59 Å². The predicted octanol–water partition coefficient (Wildman–Crippen LogP) is 2.72. The van der Waals surface area contributed by atoms with E-state index in [2.05, 4.69) is 33.6 Å². The molecule has 0 bridgehead atoms. The van der Waals surface area contributed by atoms with Crippen molar-refractivity contribution >= 4 is 27.5 Å². The molecule has 2 aromatic rings. The number of rotatable bonds is 2. The van der Waals surface area contributed by atoms with Crippen LogP contribution in [-0.2, 0) is 11.2 Å². The highest BCUT2D eigenvalue weighted by Crippen LogP contribution is 2.08. The van der Waals surface area contributed by atoms with Gasteiger partial charge >= 0.3 is 11.6 Å². The van der Waals surface area contributed by atoms with Crippen LogP contribution in [0.3, 0.4) is 0 Å². The molecule has 0 atom stereocenters. The molecule has 0 unspecified atom stereocenters. The highest BCUT2D eigenvalue weighted by molar-refractivity contribution is 9.08. The first-order chi connectivity index (χ1) is 8.47. The monoisotopic (exact) mass is 340 g/mol. The molecule has 0 spiro atoms. The fourth-order valence-electron chi connectivity index (χ4n) is 0.993. The molecule has 0 N–H and O–H groups in total. The Morgan fingerprint density at radius 2 is 1.39 bits per heavy atom. The summed E-state index contributed by atoms with van der Waals surface area (Å²) in [5.41, 5.74) is 0. The van der Waals surface area contributed by atoms with Crippen molar-refractivity contribution in [2.45, 2.75) is 25.1 Å². The lowest BCUT2D eigenvalue weighted by Gasteiger charge is -1.81. The van der Waals surface area contributed by atoms with E-state index in [0.717, 1.165) is 0 Å². The van der Waals surface area contributed by atoms with Crippen LogP contribution in [0, 0.1) is 13.8 Å². The molecule has 0 saturated heterocycles. The third kappa shape index (κ3) is 3.92. The first kappa shape index (κ1) is 14.8. The molecule has 0 radical (unpaired) electrons. The van der Waals surface area contributed by atoms with Gasteiger partial charge in [0, 0.05) is 0 Å². The average Bonchev–Trinajstić information content (AvgIpc) is 2.81. The normalized spacial score (nSPS) is 10.0. The minimum absolute atomic E-state index is 0.178. The molecular weight excluding hydrogens is 331 g/mol. The van der Waals surface area contributed by atoms with Gasteiger partial charge < -0.3 is 17.7 Å². The fraction of sp³-hybridized carbons (Fsp3) is 0.400. The molecule has 0 aromatic carbocycles. The zero-order valence-corrected chi connectivity index (χ0v) is 12.0. The molecule has 6 nitrogen and oxygen atoms in total. The predicted molar refractivity (Wildman–Crippen MR) is 66.2 cm³/mol. The van der Waals surface area contributed by atoms with E-state index in [0.29, 0.717) is 28.4 Å². The molecule has 2 rings (SSSR count). The molecule has 0 amide bonds. The Kier molecular flexibility index (Phi) is 5.49. The van der Waals surface area contributed by atoms with E-state index in [9.17, 15) is 9.59 Å². The van der Waals surface area contributed by atoms with Gasteiger partial charge in [-0.1, -0.05) is 15.9 Å². The Morgan fingerprint density at radius 1 is 0.944 bits per heavy atom. The van der Waals surface area contributed by atoms with E-state index in [1.807, 2.05) is 0 Å². The minimum atomic E-state index is -0.692. The van der Waals surface area contributed by atoms with Gasteiger partial charge in [0.15, 0.2) is 11.5 Å². The number of hydrogen-bond donors (Lipinski definition) is 0. The Labute approximate surface area is 115 Å². The first-order valence-electron chi connectivity index (χ1n) is 4.78. The van der Waals surface area contributed by atoms with Crippen molar-refractivity contribution in [2.75, 3.05) is 0 Å². The van der Waals surface area contributed by atoms with Crippen LogP contribution < -0.4 is 11.6 Å². The maximum Gasteiger partial charge on any atom is 0.519 e. The largest absolute Gasteiger partial charge is 0.519 e. The topological polar surface area (TPSA) is 86.7 Å². The zero-order valence-electron chi connectivity index (χ0n) is 9.62. The smallest absolute Gasteiger partial charge is 0.396 e. The van der Waals surface area contributed by atoms with E-state index in [-0.39, 0.29) is 5.88 Å². The van der Waals surface area contributed by atoms with Crippen LogP contribution in [0.1, 0.15) is 23.0 Å². The molecule has 2 heterocycles. The lowest BCUT2D eigenvalue weighted by Crippen LogP contribution is -1.85. The zero-order chi connectivity index (χ0) is 13.7. The standard InChI is InChI=1S/C5H5BrO3.C5H5ClO3/c2*1-3-4(2-6)9-5(7)8-3/h2*2H2,1H3. The van der Waals surface area contributed by atoms with Crippen LogP contribution in [0.5, 0.6) is 0 Å². The summed E-state index contributed by atoms with van der Waals surface area (Å²) in [6, 6.07) is 0. The summed E-state index contributed by atoms with van der Waals surface area (Å²) in [6.45, 7) is 3.31. The lowest BCUT2D eigenvalue weighted by atomic mass is 10.4. The molecular formula is C10H10BrClO6. The molecule has 0 aliphatic carbocycles. The van der Waals surface area contributed by atoms with Crippen molar-refractivity contribution in [2.24, 2.45) is 0 Å². The van der Waals surface area contributed by atoms with E-state index < -0.39 is 11.6 Å². The first-order valence-corrected chi connectivity index (χ1v) is 6.44. The van der Waals surface area contributed by atoms with Crippen LogP contribution in [0.4, 0.5) is 0 Å². The van der Waals surface area contributed by atoms with Crippen LogP contribution in [0.25, 0.3) is 0 Å². The Balaban J connectivity index is 0.000000180. The summed E-state index contributed by atoms with van der Waals surface area (Å²) < 4.78 is 18.2. The second-order valence-electron chi connectivity index (χ2n) is 3.13. The summed E-state index contributed by atoms with van der Waals surface area (Å²) in [7, 11) is 0. The van der Waals surface area contributed by atoms with Gasteiger partial charge in [0.05, 0.1) is 11.2 Å². The van der Waals surface area contributed by atoms with Crippen molar-refractivity contribution in [3.63, 3.8) is 0 Å². The molecule has 100 valence electrons. The third-order valence-corrected chi connectivity index (χ3v) is 2.67. The SMILES string of the molecule is Cc1oc(=O)oc1CBr.Cc1oc(=O)oc1CCl. The van der Waals surface area contributed by atoms with Gasteiger partial charge in [-0.2, -0.15) is 0 Å². The quantitative estimate of drug-likeness (QED) is 0.781. The maximum atomic E-state index is 10.3. The summed E-state index contributed by atoms with van der Waals surface area (Å²) in [5.74, 6) is 0.802. The number of hydrogen-bond acceptors (Lipinski definition) is 6. The highest BCUT2D eigenvalue weighted by atomic mass is 79.9. The van der Waals surface area contributed by atoms with Crippen LogP contribution in [-0.4, -0.2) is 0 Å². The van der Waals surface area contributed by atoms with Crippen LogP contribution in [0.15, 0.2) is 27.3 Å². The van der Waals surface area contributed by atoms with Crippen molar-refractivity contribution in [3.8, 4) is 0 Å². The number of alkyl halides is 2. The van der Waals surface area contributed by atoms with Crippen molar-refractivity contribution in [3.05, 3.63) is 44.3 Å². The molecule has 2 aromatic heterocycles. The van der Waals surface area contributed by atoms with Crippen molar-refractivity contribution in [1.82, 2.24) is 0 Å². The molecule has 0 saturated carbocycles. The summed E-state index contributed by atoms with van der Waals surface area (Å²) in [6.07, 6.45) is 0. The Bertz CT molecular complexity index is 550. The third-order valence-electron chi connectivity index (χ3n) is 1.91. The van der Waals surface area contributed by atoms with Gasteiger partial charge in [-0.3, -0.25) is 0 Å². The highest BCUT2D eigenvalue weighted by Gasteiger charge is 2.05. The van der Waals surface area contributed by atoms with Crippen molar-refractivity contribution < 1.29 is 17.7 Å². The fourth-order valence-corrected chi connectivity index (χ4v) is 1.75. The summed E-state index contributed by atoms with van der Waals surface area (Å²) in [4.78, 5) is 20.6. The molecule has 0 fully saturated rings. The summed E-state index contributed by atoms with van der Waals surface area (Å²) in [5, 5.41) is 0.518. The number of aryl methyl sites for hydroxylation is 2. The van der Waals surface area contributed by atoms with E-state index in [1.54, 1.807) is 13.8 Å². The van der Waals surface area contributed by atoms with E-state index >= 15 is 0 Å². The maximum absolute atomic E-state index is 10.3. The lowest BCUT2D eigenvalue weighted by molar-refractivity contribution is 0.372. The molecule has 0 aliphatic rings. The Morgan fingerprint density at radius 3 is 1.56 bits per heavy atom. The van der Waals surface area contributed by atoms with Crippen LogP contribution in [0.2, 0.25) is 0 Å². The van der Waals surface area contributed by atoms with Gasteiger partial charge in [-0.15, -0.1) is 11.6 Å². The van der Waals surface area contributed by atoms with Crippen LogP contribution >= 0.6 is 27.5 Å². The van der Waals surface area contributed by atoms with Gasteiger partial charge in [0.1, 0.15) is 11.5 Å². The number of halogens is 2. The second-order valence-corrected chi connectivity index (χ2v) is 3.96. The Hall–Kier alpha value is -1.21. The second kappa shape index (κ2) is 6.65. The van der Waals surface area contributed by atoms with E-state index in [1.165, 1.54) is 0 Å². The molecule has 8 heteroatoms. The van der Waals surface area contributed by atoms with Gasteiger partial charge in [0.2, 0.25) is 0 Å². The van der Waals surface area contributed by atoms with Crippen molar-refractivity contribution in [1.29, 1.82) is 0 Å². The molecule has 18 heavy (non-hydrogen) atoms. The molecule has 0 aliphatic heterocycles.